The van der Waals surface area contributed by atoms with E-state index >= 15 is 0 Å². The van der Waals surface area contributed by atoms with Crippen molar-refractivity contribution in [1.82, 2.24) is 4.90 Å². The quantitative estimate of drug-likeness (QED) is 0.689. The van der Waals surface area contributed by atoms with Gasteiger partial charge in [-0.15, -0.1) is 0 Å². The summed E-state index contributed by atoms with van der Waals surface area (Å²) in [6.07, 6.45) is -2.60. The third-order valence-corrected chi connectivity index (χ3v) is 5.53. The topological polar surface area (TPSA) is 38.8 Å². The van der Waals surface area contributed by atoms with Crippen molar-refractivity contribution >= 4 is 11.7 Å². The van der Waals surface area contributed by atoms with Crippen molar-refractivity contribution in [2.24, 2.45) is 0 Å². The maximum Gasteiger partial charge on any atom is 0.416 e. The van der Waals surface area contributed by atoms with Crippen molar-refractivity contribution in [2.75, 3.05) is 13.2 Å². The zero-order valence-corrected chi connectivity index (χ0v) is 16.5. The lowest BCUT2D eigenvalue weighted by Crippen LogP contribution is -2.56. The van der Waals surface area contributed by atoms with Gasteiger partial charge in [0, 0.05) is 0 Å². The van der Waals surface area contributed by atoms with Crippen LogP contribution in [0.15, 0.2) is 54.6 Å². The first-order valence-corrected chi connectivity index (χ1v) is 9.78. The van der Waals surface area contributed by atoms with E-state index in [2.05, 4.69) is 0 Å². The molecule has 2 heterocycles. The summed E-state index contributed by atoms with van der Waals surface area (Å²) in [6.45, 7) is 2.24. The van der Waals surface area contributed by atoms with E-state index in [1.54, 1.807) is 11.0 Å². The lowest BCUT2D eigenvalue weighted by Gasteiger charge is -2.43. The summed E-state index contributed by atoms with van der Waals surface area (Å²) in [4.78, 5) is 14.4. The molecule has 7 heteroatoms. The minimum atomic E-state index is -4.40. The molecular formula is C23H22F3NO3. The number of hydrogen-bond acceptors (Lipinski definition) is 3. The number of ether oxygens (including phenoxy) is 2. The Morgan fingerprint density at radius 3 is 2.63 bits per heavy atom. The number of aryl methyl sites for hydroxylation is 1. The molecule has 4 rings (SSSR count). The Hall–Kier alpha value is -2.80. The van der Waals surface area contributed by atoms with Gasteiger partial charge in [-0.1, -0.05) is 48.5 Å². The van der Waals surface area contributed by atoms with Gasteiger partial charge >= 0.3 is 12.3 Å². The Morgan fingerprint density at radius 2 is 1.93 bits per heavy atom. The maximum absolute atomic E-state index is 13.3. The fourth-order valence-electron chi connectivity index (χ4n) is 4.02. The molecule has 4 nitrogen and oxygen atoms in total. The molecule has 2 aliphatic heterocycles. The number of carbonyl (C=O) groups is 1. The van der Waals surface area contributed by atoms with Crippen LogP contribution < -0.4 is 0 Å². The normalized spacial score (nSPS) is 21.2. The highest BCUT2D eigenvalue weighted by Gasteiger charge is 2.39. The first-order chi connectivity index (χ1) is 14.3. The van der Waals surface area contributed by atoms with Gasteiger partial charge < -0.3 is 9.47 Å². The lowest BCUT2D eigenvalue weighted by atomic mass is 9.88. The number of amides is 1. The summed E-state index contributed by atoms with van der Waals surface area (Å²) in [7, 11) is 0. The summed E-state index contributed by atoms with van der Waals surface area (Å²) in [5.41, 5.74) is 1.78. The lowest BCUT2D eigenvalue weighted by molar-refractivity contribution is -0.138. The van der Waals surface area contributed by atoms with Crippen molar-refractivity contribution in [3.05, 3.63) is 76.9 Å². The molecule has 158 valence electrons. The fourth-order valence-corrected chi connectivity index (χ4v) is 4.02. The number of morpholine rings is 1. The zero-order valence-electron chi connectivity index (χ0n) is 16.5. The number of rotatable bonds is 3. The summed E-state index contributed by atoms with van der Waals surface area (Å²) in [5, 5.41) is 0. The Labute approximate surface area is 172 Å². The van der Waals surface area contributed by atoms with Crippen LogP contribution in [-0.4, -0.2) is 36.3 Å². The molecule has 0 radical (unpaired) electrons. The minimum absolute atomic E-state index is 0.167. The molecule has 2 unspecified atom stereocenters. The predicted molar refractivity (Wildman–Crippen MR) is 106 cm³/mol. The zero-order chi connectivity index (χ0) is 21.3. The molecule has 2 aromatic rings. The molecule has 1 amide bonds. The second kappa shape index (κ2) is 8.14. The Kier molecular flexibility index (Phi) is 5.56. The molecule has 30 heavy (non-hydrogen) atoms. The number of hydrogen-bond donors (Lipinski definition) is 0. The van der Waals surface area contributed by atoms with Gasteiger partial charge in [-0.2, -0.15) is 13.2 Å². The highest BCUT2D eigenvalue weighted by Crippen LogP contribution is 2.37. The van der Waals surface area contributed by atoms with Crippen LogP contribution in [0.3, 0.4) is 0 Å². The van der Waals surface area contributed by atoms with Gasteiger partial charge in [0.25, 0.3) is 0 Å². The summed E-state index contributed by atoms with van der Waals surface area (Å²) < 4.78 is 51.0. The SMILES string of the molecule is Cc1ccc(C2=CC3COCC(C2)N3C(=O)OCc2ccccc2)cc1C(F)(F)F. The van der Waals surface area contributed by atoms with E-state index in [1.807, 2.05) is 36.4 Å². The van der Waals surface area contributed by atoms with E-state index in [0.717, 1.165) is 11.1 Å². The number of halogens is 3. The number of nitrogens with zero attached hydrogens (tertiary/aromatic N) is 1. The molecule has 0 aliphatic carbocycles. The van der Waals surface area contributed by atoms with E-state index < -0.39 is 17.8 Å². The summed E-state index contributed by atoms with van der Waals surface area (Å²) >= 11 is 0. The van der Waals surface area contributed by atoms with Gasteiger partial charge in [0.2, 0.25) is 0 Å². The molecule has 2 atom stereocenters. The Morgan fingerprint density at radius 1 is 1.17 bits per heavy atom. The monoisotopic (exact) mass is 417 g/mol. The molecule has 0 N–H and O–H groups in total. The Bertz CT molecular complexity index is 956. The van der Waals surface area contributed by atoms with E-state index in [0.29, 0.717) is 25.2 Å². The highest BCUT2D eigenvalue weighted by molar-refractivity contribution is 5.75. The van der Waals surface area contributed by atoms with Crippen molar-refractivity contribution in [1.29, 1.82) is 0 Å². The van der Waals surface area contributed by atoms with E-state index in [4.69, 9.17) is 9.47 Å². The van der Waals surface area contributed by atoms with Gasteiger partial charge in [0.05, 0.1) is 30.9 Å². The number of carbonyl (C=O) groups excluding carboxylic acids is 1. The van der Waals surface area contributed by atoms with Crippen LogP contribution in [0.5, 0.6) is 0 Å². The van der Waals surface area contributed by atoms with Crippen LogP contribution in [0.1, 0.15) is 28.7 Å². The molecule has 2 bridgehead atoms. The van der Waals surface area contributed by atoms with Crippen LogP contribution in [0.2, 0.25) is 0 Å². The van der Waals surface area contributed by atoms with Gasteiger partial charge in [-0.05, 0) is 41.7 Å². The molecule has 1 saturated heterocycles. The second-order valence-corrected chi connectivity index (χ2v) is 7.63. The smallest absolute Gasteiger partial charge is 0.416 e. The van der Waals surface area contributed by atoms with Crippen LogP contribution in [0, 0.1) is 6.92 Å². The maximum atomic E-state index is 13.3. The van der Waals surface area contributed by atoms with Crippen molar-refractivity contribution in [2.45, 2.75) is 38.2 Å². The van der Waals surface area contributed by atoms with Gasteiger partial charge in [0.1, 0.15) is 6.61 Å². The molecule has 0 spiro atoms. The molecular weight excluding hydrogens is 395 g/mol. The van der Waals surface area contributed by atoms with Gasteiger partial charge in [-0.25, -0.2) is 4.79 Å². The van der Waals surface area contributed by atoms with Crippen LogP contribution in [0.4, 0.5) is 18.0 Å². The summed E-state index contributed by atoms with van der Waals surface area (Å²) in [5.74, 6) is 0. The highest BCUT2D eigenvalue weighted by atomic mass is 19.4. The second-order valence-electron chi connectivity index (χ2n) is 7.63. The third kappa shape index (κ3) is 4.21. The van der Waals surface area contributed by atoms with Crippen molar-refractivity contribution < 1.29 is 27.4 Å². The molecule has 2 aliphatic rings. The number of alkyl halides is 3. The average Bonchev–Trinajstić information content (AvgIpc) is 2.71. The molecule has 0 aromatic heterocycles. The average molecular weight is 417 g/mol. The molecule has 0 saturated carbocycles. The molecule has 1 fully saturated rings. The number of fused-ring (bicyclic) bond motifs is 2. The van der Waals surface area contributed by atoms with Crippen LogP contribution in [0.25, 0.3) is 5.57 Å². The van der Waals surface area contributed by atoms with E-state index in [-0.39, 0.29) is 24.3 Å². The van der Waals surface area contributed by atoms with E-state index in [1.165, 1.54) is 19.1 Å². The first kappa shape index (κ1) is 20.5. The first-order valence-electron chi connectivity index (χ1n) is 9.78. The molecule has 2 aromatic carbocycles. The largest absolute Gasteiger partial charge is 0.445 e. The van der Waals surface area contributed by atoms with Gasteiger partial charge in [0.15, 0.2) is 0 Å². The Balaban J connectivity index is 1.54. The van der Waals surface area contributed by atoms with Crippen molar-refractivity contribution in [3.8, 4) is 0 Å². The fraction of sp³-hybridized carbons (Fsp3) is 0.348. The van der Waals surface area contributed by atoms with Crippen LogP contribution in [-0.2, 0) is 22.3 Å². The third-order valence-electron chi connectivity index (χ3n) is 5.53. The summed E-state index contributed by atoms with van der Waals surface area (Å²) in [6, 6.07) is 13.1. The number of benzene rings is 2. The standard InChI is InChI=1S/C23H22F3NO3/c1-15-7-8-17(11-21(15)23(24,25)26)18-9-19-13-29-14-20(10-18)27(19)22(28)30-12-16-5-3-2-4-6-16/h2-9,11,19-20H,10,12-14H2,1H3. The minimum Gasteiger partial charge on any atom is -0.445 e. The van der Waals surface area contributed by atoms with Crippen molar-refractivity contribution in [3.63, 3.8) is 0 Å². The van der Waals surface area contributed by atoms with Gasteiger partial charge in [-0.3, -0.25) is 4.90 Å². The van der Waals surface area contributed by atoms with E-state index in [9.17, 15) is 18.0 Å². The predicted octanol–water partition coefficient (Wildman–Crippen LogP) is 5.21. The van der Waals surface area contributed by atoms with Crippen LogP contribution >= 0.6 is 0 Å².